The molecule has 0 aromatic heterocycles. The summed E-state index contributed by atoms with van der Waals surface area (Å²) in [5.74, 6) is 1.49. The Bertz CT molecular complexity index is 368. The Hall–Kier alpha value is -1.96. The summed E-state index contributed by atoms with van der Waals surface area (Å²) in [5.41, 5.74) is 2.34. The number of phenolic OH excluding ortho intramolecular Hbond substituents is 2. The van der Waals surface area contributed by atoms with Crippen LogP contribution in [-0.2, 0) is 0 Å². The van der Waals surface area contributed by atoms with E-state index in [1.165, 1.54) is 11.1 Å². The molecule has 0 aliphatic heterocycles. The van der Waals surface area contributed by atoms with Crippen LogP contribution in [0.15, 0.2) is 48.5 Å². The lowest BCUT2D eigenvalue weighted by atomic mass is 10.2. The van der Waals surface area contributed by atoms with Crippen molar-refractivity contribution in [2.24, 2.45) is 5.92 Å². The molecule has 2 heteroatoms. The highest BCUT2D eigenvalue weighted by Crippen LogP contribution is 2.08. The second-order valence-electron chi connectivity index (χ2n) is 5.40. The number of aryl methyl sites for hydroxylation is 2. The van der Waals surface area contributed by atoms with E-state index in [1.807, 2.05) is 38.1 Å². The van der Waals surface area contributed by atoms with Gasteiger partial charge in [-0.25, -0.2) is 0 Å². The van der Waals surface area contributed by atoms with E-state index in [-0.39, 0.29) is 0 Å². The monoisotopic (exact) mass is 274 g/mol. The molecule has 110 valence electrons. The van der Waals surface area contributed by atoms with Crippen LogP contribution in [0.3, 0.4) is 0 Å². The van der Waals surface area contributed by atoms with Crippen LogP contribution < -0.4 is 0 Å². The van der Waals surface area contributed by atoms with Gasteiger partial charge in [0.15, 0.2) is 0 Å². The second kappa shape index (κ2) is 9.90. The predicted octanol–water partition coefficient (Wildman–Crippen LogP) is 5.06. The minimum Gasteiger partial charge on any atom is -0.508 e. The van der Waals surface area contributed by atoms with Crippen LogP contribution in [0.1, 0.15) is 31.9 Å². The van der Waals surface area contributed by atoms with Crippen LogP contribution in [0.25, 0.3) is 0 Å². The van der Waals surface area contributed by atoms with Crippen molar-refractivity contribution >= 4 is 0 Å². The van der Waals surface area contributed by atoms with Gasteiger partial charge in [-0.15, -0.1) is 0 Å². The van der Waals surface area contributed by atoms with Gasteiger partial charge in [-0.1, -0.05) is 56.2 Å². The summed E-state index contributed by atoms with van der Waals surface area (Å²) in [5, 5.41) is 17.5. The van der Waals surface area contributed by atoms with E-state index in [0.29, 0.717) is 11.5 Å². The van der Waals surface area contributed by atoms with Crippen LogP contribution in [-0.4, -0.2) is 10.2 Å². The third-order valence-corrected chi connectivity index (χ3v) is 2.07. The van der Waals surface area contributed by atoms with E-state index in [2.05, 4.69) is 20.8 Å². The lowest BCUT2D eigenvalue weighted by molar-refractivity contribution is 0.474. The van der Waals surface area contributed by atoms with Crippen LogP contribution in [0.5, 0.6) is 11.5 Å². The fraction of sp³-hybridized carbons (Fsp3) is 0.333. The molecule has 2 rings (SSSR count). The number of hydrogen-bond acceptors (Lipinski definition) is 2. The van der Waals surface area contributed by atoms with Crippen LogP contribution >= 0.6 is 0 Å². The quantitative estimate of drug-likeness (QED) is 0.704. The molecule has 0 heterocycles. The fourth-order valence-corrected chi connectivity index (χ4v) is 1.09. The molecule has 2 nitrogen and oxygen atoms in total. The Labute approximate surface area is 122 Å². The molecule has 0 spiro atoms. The fourth-order valence-electron chi connectivity index (χ4n) is 1.09. The molecule has 0 radical (unpaired) electrons. The molecule has 2 N–H and O–H groups in total. The van der Waals surface area contributed by atoms with Crippen molar-refractivity contribution in [1.82, 2.24) is 0 Å². The Morgan fingerprint density at radius 2 is 0.800 bits per heavy atom. The number of rotatable bonds is 0. The predicted molar refractivity (Wildman–Crippen MR) is 86.2 cm³/mol. The third-order valence-electron chi connectivity index (χ3n) is 2.07. The molecule has 0 aliphatic carbocycles. The summed E-state index contributed by atoms with van der Waals surface area (Å²) in [6.45, 7) is 10.5. The van der Waals surface area contributed by atoms with Crippen molar-refractivity contribution in [3.8, 4) is 11.5 Å². The van der Waals surface area contributed by atoms with Gasteiger partial charge in [0.1, 0.15) is 11.5 Å². The van der Waals surface area contributed by atoms with Crippen molar-refractivity contribution in [1.29, 1.82) is 0 Å². The topological polar surface area (TPSA) is 40.5 Å². The number of hydrogen-bond donors (Lipinski definition) is 2. The zero-order valence-electron chi connectivity index (χ0n) is 13.1. The standard InChI is InChI=1S/2C7H8O.C4H10/c2*1-6-2-4-7(8)5-3-6;1-4(2)3/h2*2-5,8H,1H3;4H,1-3H3. The van der Waals surface area contributed by atoms with Crippen molar-refractivity contribution in [3.63, 3.8) is 0 Å². The maximum Gasteiger partial charge on any atom is 0.115 e. The molecule has 0 atom stereocenters. The second-order valence-corrected chi connectivity index (χ2v) is 5.40. The van der Waals surface area contributed by atoms with Gasteiger partial charge in [-0.2, -0.15) is 0 Å². The third kappa shape index (κ3) is 11.1. The first kappa shape index (κ1) is 18.0. The zero-order valence-corrected chi connectivity index (χ0v) is 13.1. The van der Waals surface area contributed by atoms with Crippen molar-refractivity contribution in [2.45, 2.75) is 34.6 Å². The average Bonchev–Trinajstić information content (AvgIpc) is 2.37. The Morgan fingerprint density at radius 1 is 0.600 bits per heavy atom. The SMILES string of the molecule is CC(C)C.Cc1ccc(O)cc1.Cc1ccc(O)cc1. The Kier molecular flexibility index (Phi) is 8.93. The van der Waals surface area contributed by atoms with E-state index in [9.17, 15) is 0 Å². The maximum absolute atomic E-state index is 8.76. The maximum atomic E-state index is 8.76. The largest absolute Gasteiger partial charge is 0.508 e. The smallest absolute Gasteiger partial charge is 0.115 e. The minimum atomic E-state index is 0.329. The van der Waals surface area contributed by atoms with E-state index < -0.39 is 0 Å². The van der Waals surface area contributed by atoms with Gasteiger partial charge in [-0.3, -0.25) is 0 Å². The lowest BCUT2D eigenvalue weighted by Gasteiger charge is -1.89. The van der Waals surface area contributed by atoms with Gasteiger partial charge in [-0.05, 0) is 44.0 Å². The van der Waals surface area contributed by atoms with Crippen LogP contribution in [0.4, 0.5) is 0 Å². The molecule has 0 unspecified atom stereocenters. The Morgan fingerprint density at radius 3 is 0.950 bits per heavy atom. The molecular formula is C18H26O2. The van der Waals surface area contributed by atoms with Gasteiger partial charge in [0.25, 0.3) is 0 Å². The molecule has 0 amide bonds. The normalized spacial score (nSPS) is 9.10. The van der Waals surface area contributed by atoms with Gasteiger partial charge in [0.2, 0.25) is 0 Å². The highest BCUT2D eigenvalue weighted by molar-refractivity contribution is 5.25. The average molecular weight is 274 g/mol. The van der Waals surface area contributed by atoms with E-state index in [1.54, 1.807) is 24.3 Å². The molecule has 0 fully saturated rings. The summed E-state index contributed by atoms with van der Waals surface area (Å²) >= 11 is 0. The molecule has 0 saturated carbocycles. The number of benzene rings is 2. The first-order valence-electron chi connectivity index (χ1n) is 6.82. The minimum absolute atomic E-state index is 0.329. The molecule has 0 saturated heterocycles. The molecular weight excluding hydrogens is 248 g/mol. The lowest BCUT2D eigenvalue weighted by Crippen LogP contribution is -1.66. The molecule has 0 bridgehead atoms. The first-order valence-corrected chi connectivity index (χ1v) is 6.82. The summed E-state index contributed by atoms with van der Waals surface area (Å²) in [4.78, 5) is 0. The molecule has 20 heavy (non-hydrogen) atoms. The van der Waals surface area contributed by atoms with E-state index in [0.717, 1.165) is 5.92 Å². The van der Waals surface area contributed by atoms with Crippen molar-refractivity contribution < 1.29 is 10.2 Å². The summed E-state index contributed by atoms with van der Waals surface area (Å²) in [6.07, 6.45) is 0. The van der Waals surface area contributed by atoms with E-state index in [4.69, 9.17) is 10.2 Å². The first-order chi connectivity index (χ1) is 9.31. The zero-order chi connectivity index (χ0) is 15.5. The summed E-state index contributed by atoms with van der Waals surface area (Å²) in [7, 11) is 0. The molecule has 0 aliphatic rings. The van der Waals surface area contributed by atoms with E-state index >= 15 is 0 Å². The summed E-state index contributed by atoms with van der Waals surface area (Å²) < 4.78 is 0. The highest BCUT2D eigenvalue weighted by atomic mass is 16.3. The number of aromatic hydroxyl groups is 2. The Balaban J connectivity index is 0.000000289. The summed E-state index contributed by atoms with van der Waals surface area (Å²) in [6, 6.07) is 14.2. The highest BCUT2D eigenvalue weighted by Gasteiger charge is 1.82. The van der Waals surface area contributed by atoms with Gasteiger partial charge >= 0.3 is 0 Å². The van der Waals surface area contributed by atoms with Crippen LogP contribution in [0.2, 0.25) is 0 Å². The van der Waals surface area contributed by atoms with Gasteiger partial charge in [0.05, 0.1) is 0 Å². The molecule has 2 aromatic carbocycles. The van der Waals surface area contributed by atoms with Gasteiger partial charge < -0.3 is 10.2 Å². The molecule has 2 aromatic rings. The van der Waals surface area contributed by atoms with Crippen LogP contribution in [0, 0.1) is 19.8 Å². The number of phenols is 2. The van der Waals surface area contributed by atoms with Crippen molar-refractivity contribution in [3.05, 3.63) is 59.7 Å². The van der Waals surface area contributed by atoms with Gasteiger partial charge in [0, 0.05) is 0 Å². The van der Waals surface area contributed by atoms with Crippen molar-refractivity contribution in [2.75, 3.05) is 0 Å².